The van der Waals surface area contributed by atoms with E-state index < -0.39 is 0 Å². The fourth-order valence-corrected chi connectivity index (χ4v) is 0. The second-order valence-electron chi connectivity index (χ2n) is 0. The Morgan fingerprint density at radius 2 is 0.800 bits per heavy atom. The summed E-state index contributed by atoms with van der Waals surface area (Å²) in [4.78, 5) is 0. The molecule has 0 heterocycles. The maximum absolute atomic E-state index is 0. The molecule has 0 aliphatic carbocycles. The molecular weight excluding hydrogens is 240 g/mol. The zero-order chi connectivity index (χ0) is 0. The quantitative estimate of drug-likeness (QED) is 0.447. The Hall–Kier alpha value is 1.96. The van der Waals surface area contributed by atoms with E-state index in [1.165, 1.54) is 0 Å². The van der Waals surface area contributed by atoms with Gasteiger partial charge in [-0.05, 0) is 0 Å². The predicted molar refractivity (Wildman–Crippen MR) is 39.9 cm³/mol. The van der Waals surface area contributed by atoms with Gasteiger partial charge in [0.2, 0.25) is 0 Å². The molecule has 0 saturated heterocycles. The van der Waals surface area contributed by atoms with Crippen LogP contribution >= 0.6 is 0 Å². The van der Waals surface area contributed by atoms with Crippen LogP contribution in [-0.2, 0) is 0 Å². The molecule has 0 amide bonds. The molecular formula is H15AlGaInN2. The fourth-order valence-electron chi connectivity index (χ4n) is 0. The molecule has 0 bridgehead atoms. The average molecular weight is 255 g/mol. The summed E-state index contributed by atoms with van der Waals surface area (Å²) in [7, 11) is 0. The third kappa shape index (κ3) is 24.3. The van der Waals surface area contributed by atoms with Crippen molar-refractivity contribution in [2.75, 3.05) is 0 Å². The van der Waals surface area contributed by atoms with Crippen molar-refractivity contribution < 1.29 is 0 Å². The van der Waals surface area contributed by atoms with Crippen LogP contribution in [0.15, 0.2) is 0 Å². The Bertz CT molecular complexity index is 9.61. The second-order valence-corrected chi connectivity index (χ2v) is 0. The number of hydrogen-bond acceptors (Lipinski definition) is 2. The van der Waals surface area contributed by atoms with Crippen LogP contribution < -0.4 is 12.3 Å². The van der Waals surface area contributed by atoms with Crippen molar-refractivity contribution in [3.63, 3.8) is 0 Å². The van der Waals surface area contributed by atoms with Gasteiger partial charge < -0.3 is 12.3 Å². The molecule has 0 fully saturated rings. The van der Waals surface area contributed by atoms with Crippen LogP contribution in [0.2, 0.25) is 0 Å². The molecule has 0 saturated carbocycles. The van der Waals surface area contributed by atoms with Crippen LogP contribution in [0, 0.1) is 0 Å². The van der Waals surface area contributed by atoms with Crippen LogP contribution in [-0.4, -0.2) is 63.0 Å². The molecule has 0 rings (SSSR count). The molecule has 0 unspecified atom stereocenters. The molecule has 2 nitrogen and oxygen atoms in total. The molecule has 34 valence electrons. The molecule has 5 heavy (non-hydrogen) atoms. The van der Waals surface area contributed by atoms with Crippen molar-refractivity contribution in [2.45, 2.75) is 0 Å². The predicted octanol–water partition coefficient (Wildman–Crippen LogP) is -3.23. The summed E-state index contributed by atoms with van der Waals surface area (Å²) < 4.78 is 0. The molecule has 0 aliphatic heterocycles. The molecule has 6 N–H and O–H groups in total. The first-order chi connectivity index (χ1) is 0. The fraction of sp³-hybridized carbons (Fsp3) is 0. The van der Waals surface area contributed by atoms with Gasteiger partial charge in [0.15, 0.2) is 17.4 Å². The Labute approximate surface area is 74.6 Å². The van der Waals surface area contributed by atoms with Gasteiger partial charge in [0.05, 0.1) is 0 Å². The van der Waals surface area contributed by atoms with Crippen LogP contribution in [0.4, 0.5) is 0 Å². The van der Waals surface area contributed by atoms with E-state index in [4.69, 9.17) is 0 Å². The van der Waals surface area contributed by atoms with E-state index in [0.717, 1.165) is 0 Å². The van der Waals surface area contributed by atoms with E-state index in [2.05, 4.69) is 0 Å². The van der Waals surface area contributed by atoms with Crippen LogP contribution in [0.5, 0.6) is 0 Å². The summed E-state index contributed by atoms with van der Waals surface area (Å²) in [5.74, 6) is 0. The van der Waals surface area contributed by atoms with Crippen molar-refractivity contribution in [1.82, 2.24) is 12.3 Å². The molecule has 0 spiro atoms. The minimum atomic E-state index is 0. The Kier molecular flexibility index (Phi) is 492. The monoisotopic (exact) mass is 254 g/mol. The first kappa shape index (κ1) is 64.4. The maximum atomic E-state index is 0. The van der Waals surface area contributed by atoms with Crippen LogP contribution in [0.25, 0.3) is 0 Å². The first-order valence-electron chi connectivity index (χ1n) is 0. The van der Waals surface area contributed by atoms with Gasteiger partial charge in [-0.1, -0.05) is 0 Å². The Morgan fingerprint density at radius 3 is 0.800 bits per heavy atom. The van der Waals surface area contributed by atoms with Crippen LogP contribution in [0.1, 0.15) is 0 Å². The van der Waals surface area contributed by atoms with Gasteiger partial charge in [0, 0.05) is 0 Å². The second kappa shape index (κ2) is 38.2. The van der Waals surface area contributed by atoms with E-state index in [0.29, 0.717) is 0 Å². The topological polar surface area (TPSA) is 70.0 Å². The zero-order valence-electron chi connectivity index (χ0n) is 1.41. The molecule has 0 aliphatic rings. The zero-order valence-corrected chi connectivity index (χ0v) is 1.41. The molecule has 0 aromatic heterocycles. The standard InChI is InChI=1S/Al.Ga.In.2H3N.9H/h;;;2*1H3;;;;;;;;;. The van der Waals surface area contributed by atoms with Crippen molar-refractivity contribution in [2.24, 2.45) is 0 Å². The van der Waals surface area contributed by atoms with E-state index in [9.17, 15) is 0 Å². The summed E-state index contributed by atoms with van der Waals surface area (Å²) in [6.07, 6.45) is 0. The van der Waals surface area contributed by atoms with Gasteiger partial charge in [-0.15, -0.1) is 0 Å². The van der Waals surface area contributed by atoms with Gasteiger partial charge in [0.25, 0.3) is 0 Å². The summed E-state index contributed by atoms with van der Waals surface area (Å²) in [5.41, 5.74) is 0. The van der Waals surface area contributed by atoms with Crippen molar-refractivity contribution in [3.05, 3.63) is 0 Å². The SMILES string of the molecule is N.N.[AlH3].[GaH3].[InH3]. The molecule has 0 atom stereocenters. The normalized spacial score (nSPS) is 0. The van der Waals surface area contributed by atoms with E-state index in [1.807, 2.05) is 0 Å². The minimum absolute atomic E-state index is 0. The third-order valence-corrected chi connectivity index (χ3v) is 0. The molecule has 5 heteroatoms. The molecule has 0 aromatic carbocycles. The molecule has 0 radical (unpaired) electrons. The van der Waals surface area contributed by atoms with Gasteiger partial charge in [-0.3, -0.25) is 0 Å². The summed E-state index contributed by atoms with van der Waals surface area (Å²) in [6, 6.07) is 0. The number of hydrogen-bond donors (Lipinski definition) is 2. The van der Waals surface area contributed by atoms with Crippen LogP contribution in [0.3, 0.4) is 0 Å². The summed E-state index contributed by atoms with van der Waals surface area (Å²) in [5, 5.41) is 0. The molecule has 0 aromatic rings. The van der Waals surface area contributed by atoms with Gasteiger partial charge in [0.1, 0.15) is 0 Å². The third-order valence-electron chi connectivity index (χ3n) is 0. The summed E-state index contributed by atoms with van der Waals surface area (Å²) >= 11 is 0. The summed E-state index contributed by atoms with van der Waals surface area (Å²) in [6.45, 7) is 0. The van der Waals surface area contributed by atoms with Gasteiger partial charge in [-0.25, -0.2) is 0 Å². The first-order valence-corrected chi connectivity index (χ1v) is 0. The van der Waals surface area contributed by atoms with E-state index in [1.54, 1.807) is 0 Å². The van der Waals surface area contributed by atoms with E-state index >= 15 is 0 Å². The number of rotatable bonds is 0. The van der Waals surface area contributed by atoms with Crippen molar-refractivity contribution >= 4 is 63.0 Å². The van der Waals surface area contributed by atoms with Gasteiger partial charge in [-0.2, -0.15) is 0 Å². The average Bonchev–Trinajstić information content (AvgIpc) is 0. The Morgan fingerprint density at radius 1 is 0.800 bits per heavy atom. The Balaban J connectivity index is 0. The van der Waals surface area contributed by atoms with Gasteiger partial charge >= 0.3 is 45.6 Å². The van der Waals surface area contributed by atoms with Crippen molar-refractivity contribution in [3.8, 4) is 0 Å². The van der Waals surface area contributed by atoms with Crippen molar-refractivity contribution in [1.29, 1.82) is 0 Å². The van der Waals surface area contributed by atoms with E-state index in [-0.39, 0.29) is 75.3 Å².